The van der Waals surface area contributed by atoms with Crippen molar-refractivity contribution >= 4 is 17.4 Å². The van der Waals surface area contributed by atoms with Gasteiger partial charge in [0.05, 0.1) is 17.6 Å². The lowest BCUT2D eigenvalue weighted by Crippen LogP contribution is -2.38. The van der Waals surface area contributed by atoms with Crippen LogP contribution >= 0.6 is 11.3 Å². The van der Waals surface area contributed by atoms with Gasteiger partial charge in [0.2, 0.25) is 0 Å². The van der Waals surface area contributed by atoms with E-state index in [0.29, 0.717) is 37.1 Å². The number of hydrogen-bond donors (Lipinski definition) is 3. The maximum absolute atomic E-state index is 12.7. The quantitative estimate of drug-likeness (QED) is 0.218. The highest BCUT2D eigenvalue weighted by molar-refractivity contribution is 7.11. The third-order valence-electron chi connectivity index (χ3n) is 11.6. The van der Waals surface area contributed by atoms with Gasteiger partial charge in [-0.1, -0.05) is 51.5 Å². The SMILES string of the molecule is C=C1C(=CC=C2CCC[C@]3(C)[C@@H]([C@H](C)CC[C@@H](OC(=O)NCC)C4(c5ncc(CCCC)s5)CC4)CC[C@@H]23)C[C@@H](O)C[C@@H]1O. The summed E-state index contributed by atoms with van der Waals surface area (Å²) in [6.45, 7) is 13.8. The van der Waals surface area contributed by atoms with E-state index in [1.807, 2.05) is 18.3 Å². The standard InChI is InChI=1S/C37H56N2O4S/c1-6-8-11-29-23-39-34(44-29)37(19-20-37)33(43-35(42)38-7-2)17-12-24(3)30-15-16-31-26(10-9-18-36(30,31)5)13-14-27-21-28(40)22-32(41)25(27)4/h13-14,23-24,28,30-33,40-41H,4,6-12,15-22H2,1-3,5H3,(H,38,42)/t24-,28-,30-,31+,32+,33-,36-/m1/s1. The highest BCUT2D eigenvalue weighted by Gasteiger charge is 2.56. The average molecular weight is 625 g/mol. The molecule has 244 valence electrons. The number of fused-ring (bicyclic) bond motifs is 1. The number of rotatable bonds is 12. The molecule has 6 nitrogen and oxygen atoms in total. The molecule has 0 aromatic carbocycles. The molecule has 7 heteroatoms. The van der Waals surface area contributed by atoms with Gasteiger partial charge < -0.3 is 20.3 Å². The maximum Gasteiger partial charge on any atom is 0.407 e. The van der Waals surface area contributed by atoms with E-state index < -0.39 is 12.2 Å². The molecule has 3 N–H and O–H groups in total. The minimum Gasteiger partial charge on any atom is -0.445 e. The van der Waals surface area contributed by atoms with Crippen LogP contribution in [0.1, 0.15) is 121 Å². The van der Waals surface area contributed by atoms with Crippen molar-refractivity contribution in [2.45, 2.75) is 141 Å². The second kappa shape index (κ2) is 14.2. The normalized spacial score (nSPS) is 32.8. The molecule has 0 spiro atoms. The first-order valence-corrected chi connectivity index (χ1v) is 18.3. The first-order chi connectivity index (χ1) is 21.1. The number of aliphatic hydroxyl groups excluding tert-OH is 2. The fourth-order valence-corrected chi connectivity index (χ4v) is 10.1. The fraction of sp³-hybridized carbons (Fsp3) is 0.730. The van der Waals surface area contributed by atoms with Gasteiger partial charge in [0.25, 0.3) is 0 Å². The summed E-state index contributed by atoms with van der Waals surface area (Å²) in [5, 5.41) is 24.5. The molecule has 1 amide bonds. The third-order valence-corrected chi connectivity index (χ3v) is 12.9. The van der Waals surface area contributed by atoms with Crippen LogP contribution in [-0.4, -0.2) is 46.1 Å². The molecular formula is C37H56N2O4S. The molecule has 1 heterocycles. The first kappa shape index (κ1) is 33.4. The zero-order chi connectivity index (χ0) is 31.5. The van der Waals surface area contributed by atoms with E-state index in [1.54, 1.807) is 0 Å². The monoisotopic (exact) mass is 624 g/mol. The number of thiazole rings is 1. The number of amides is 1. The molecule has 4 saturated carbocycles. The van der Waals surface area contributed by atoms with Gasteiger partial charge in [-0.2, -0.15) is 0 Å². The van der Waals surface area contributed by atoms with Crippen LogP contribution in [0.25, 0.3) is 0 Å². The Morgan fingerprint density at radius 1 is 1.23 bits per heavy atom. The van der Waals surface area contributed by atoms with Crippen LogP contribution in [0.4, 0.5) is 4.79 Å². The molecule has 0 saturated heterocycles. The van der Waals surface area contributed by atoms with E-state index in [1.165, 1.54) is 49.0 Å². The van der Waals surface area contributed by atoms with Gasteiger partial charge in [0.1, 0.15) is 11.1 Å². The number of aromatic nitrogens is 1. The number of carbonyl (C=O) groups is 1. The molecule has 5 rings (SSSR count). The molecule has 0 bridgehead atoms. The van der Waals surface area contributed by atoms with Crippen molar-refractivity contribution < 1.29 is 19.7 Å². The third kappa shape index (κ3) is 7.05. The molecule has 0 unspecified atom stereocenters. The number of unbranched alkanes of at least 4 members (excludes halogenated alkanes) is 1. The summed E-state index contributed by atoms with van der Waals surface area (Å²) in [5.41, 5.74) is 3.42. The predicted octanol–water partition coefficient (Wildman–Crippen LogP) is 8.19. The van der Waals surface area contributed by atoms with Gasteiger partial charge in [0, 0.05) is 24.0 Å². The minimum absolute atomic E-state index is 0.124. The maximum atomic E-state index is 12.7. The molecule has 0 radical (unpaired) electrons. The van der Waals surface area contributed by atoms with Crippen LogP contribution < -0.4 is 5.32 Å². The Labute approximate surface area is 269 Å². The molecule has 7 atom stereocenters. The minimum atomic E-state index is -0.647. The lowest BCUT2D eigenvalue weighted by atomic mass is 9.60. The van der Waals surface area contributed by atoms with Gasteiger partial charge in [-0.25, -0.2) is 9.78 Å². The Morgan fingerprint density at radius 2 is 2.02 bits per heavy atom. The molecule has 44 heavy (non-hydrogen) atoms. The second-order valence-corrected chi connectivity index (χ2v) is 15.6. The summed E-state index contributed by atoms with van der Waals surface area (Å²) in [6, 6.07) is 0. The Bertz CT molecular complexity index is 1230. The molecule has 4 fully saturated rings. The number of allylic oxidation sites excluding steroid dienone is 3. The first-order valence-electron chi connectivity index (χ1n) is 17.5. The molecular weight excluding hydrogens is 568 g/mol. The van der Waals surface area contributed by atoms with Crippen LogP contribution in [0.3, 0.4) is 0 Å². The number of aliphatic hydroxyl groups is 2. The summed E-state index contributed by atoms with van der Waals surface area (Å²) in [6.07, 6.45) is 19.3. The lowest BCUT2D eigenvalue weighted by molar-refractivity contribution is 0.0526. The van der Waals surface area contributed by atoms with Crippen molar-refractivity contribution in [3.05, 3.63) is 51.5 Å². The van der Waals surface area contributed by atoms with Crippen molar-refractivity contribution in [3.8, 4) is 0 Å². The van der Waals surface area contributed by atoms with E-state index >= 15 is 0 Å². The Hall–Kier alpha value is -1.96. The molecule has 0 aliphatic heterocycles. The number of alkyl carbamates (subject to hydrolysis) is 1. The molecule has 4 aliphatic rings. The summed E-state index contributed by atoms with van der Waals surface area (Å²) in [4.78, 5) is 18.9. The van der Waals surface area contributed by atoms with Crippen LogP contribution in [0.5, 0.6) is 0 Å². The van der Waals surface area contributed by atoms with Gasteiger partial charge >= 0.3 is 6.09 Å². The number of hydrogen-bond acceptors (Lipinski definition) is 6. The number of nitrogens with one attached hydrogen (secondary N) is 1. The lowest BCUT2D eigenvalue weighted by Gasteiger charge is -2.44. The largest absolute Gasteiger partial charge is 0.445 e. The Morgan fingerprint density at radius 3 is 2.75 bits per heavy atom. The van der Waals surface area contributed by atoms with Crippen LogP contribution in [0.15, 0.2) is 41.6 Å². The second-order valence-electron chi connectivity index (χ2n) is 14.5. The van der Waals surface area contributed by atoms with Crippen molar-refractivity contribution in [1.82, 2.24) is 10.3 Å². The van der Waals surface area contributed by atoms with Crippen molar-refractivity contribution in [2.75, 3.05) is 6.54 Å². The number of carbonyl (C=O) groups excluding carboxylic acids is 1. The zero-order valence-electron chi connectivity index (χ0n) is 27.6. The van der Waals surface area contributed by atoms with Crippen LogP contribution in [0.2, 0.25) is 0 Å². The summed E-state index contributed by atoms with van der Waals surface area (Å²) in [5.74, 6) is 1.75. The summed E-state index contributed by atoms with van der Waals surface area (Å²) < 4.78 is 6.20. The molecule has 1 aromatic heterocycles. The molecule has 4 aliphatic carbocycles. The molecule has 1 aromatic rings. The predicted molar refractivity (Wildman–Crippen MR) is 179 cm³/mol. The number of ether oxygens (including phenoxy) is 1. The van der Waals surface area contributed by atoms with E-state index in [2.05, 4.69) is 51.0 Å². The van der Waals surface area contributed by atoms with Gasteiger partial charge in [-0.3, -0.25) is 0 Å². The van der Waals surface area contributed by atoms with Crippen molar-refractivity contribution in [1.29, 1.82) is 0 Å². The summed E-state index contributed by atoms with van der Waals surface area (Å²) in [7, 11) is 0. The Balaban J connectivity index is 1.28. The smallest absolute Gasteiger partial charge is 0.407 e. The van der Waals surface area contributed by atoms with E-state index in [9.17, 15) is 15.0 Å². The van der Waals surface area contributed by atoms with E-state index in [0.717, 1.165) is 54.7 Å². The van der Waals surface area contributed by atoms with Crippen LogP contribution in [-0.2, 0) is 16.6 Å². The van der Waals surface area contributed by atoms with Crippen molar-refractivity contribution in [2.24, 2.45) is 23.2 Å². The van der Waals surface area contributed by atoms with Gasteiger partial charge in [-0.15, -0.1) is 11.3 Å². The number of aryl methyl sites for hydroxylation is 1. The summed E-state index contributed by atoms with van der Waals surface area (Å²) >= 11 is 1.83. The topological polar surface area (TPSA) is 91.7 Å². The Kier molecular flexibility index (Phi) is 10.8. The number of nitrogens with zero attached hydrogens (tertiary/aromatic N) is 1. The van der Waals surface area contributed by atoms with Gasteiger partial charge in [0.15, 0.2) is 0 Å². The van der Waals surface area contributed by atoms with Crippen molar-refractivity contribution in [3.63, 3.8) is 0 Å². The van der Waals surface area contributed by atoms with Crippen LogP contribution in [0, 0.1) is 23.2 Å². The van der Waals surface area contributed by atoms with E-state index in [-0.39, 0.29) is 23.0 Å². The zero-order valence-corrected chi connectivity index (χ0v) is 28.4. The van der Waals surface area contributed by atoms with E-state index in [4.69, 9.17) is 9.72 Å². The highest BCUT2D eigenvalue weighted by Crippen LogP contribution is 2.60. The average Bonchev–Trinajstić information content (AvgIpc) is 3.51. The fourth-order valence-electron chi connectivity index (χ4n) is 8.87. The highest BCUT2D eigenvalue weighted by atomic mass is 32.1. The van der Waals surface area contributed by atoms with Gasteiger partial charge in [-0.05, 0) is 118 Å².